The van der Waals surface area contributed by atoms with Gasteiger partial charge >= 0.3 is 0 Å². The monoisotopic (exact) mass is 281 g/mol. The van der Waals surface area contributed by atoms with Crippen molar-refractivity contribution in [2.45, 2.75) is 58.0 Å². The lowest BCUT2D eigenvalue weighted by atomic mass is 9.79. The molecule has 0 radical (unpaired) electrons. The molecule has 114 valence electrons. The maximum absolute atomic E-state index is 12.3. The molecule has 2 aliphatic rings. The molecular weight excluding hydrogens is 254 g/mol. The number of nitrogens with one attached hydrogen (secondary N) is 1. The summed E-state index contributed by atoms with van der Waals surface area (Å²) in [6.07, 6.45) is 4.71. The fourth-order valence-corrected chi connectivity index (χ4v) is 3.26. The zero-order valence-corrected chi connectivity index (χ0v) is 12.6. The lowest BCUT2D eigenvalue weighted by Gasteiger charge is -2.32. The molecule has 5 heteroatoms. The minimum Gasteiger partial charge on any atom is -0.344 e. The van der Waals surface area contributed by atoms with Crippen molar-refractivity contribution in [3.8, 4) is 0 Å². The van der Waals surface area contributed by atoms with E-state index in [0.29, 0.717) is 5.92 Å². The molecule has 1 saturated heterocycles. The molecule has 1 heterocycles. The van der Waals surface area contributed by atoms with Crippen molar-refractivity contribution < 1.29 is 9.59 Å². The third-order valence-corrected chi connectivity index (χ3v) is 4.75. The SMILES string of the molecule is CC(NC(=O)C1CCC(N)C(C)C1)C(=O)N1CCCC1. The van der Waals surface area contributed by atoms with E-state index in [2.05, 4.69) is 12.2 Å². The van der Waals surface area contributed by atoms with Crippen molar-refractivity contribution in [3.63, 3.8) is 0 Å². The van der Waals surface area contributed by atoms with Gasteiger partial charge in [-0.2, -0.15) is 0 Å². The summed E-state index contributed by atoms with van der Waals surface area (Å²) in [5.74, 6) is 0.461. The quantitative estimate of drug-likeness (QED) is 0.806. The number of rotatable bonds is 3. The van der Waals surface area contributed by atoms with Crippen LogP contribution in [0.25, 0.3) is 0 Å². The van der Waals surface area contributed by atoms with Crippen molar-refractivity contribution in [3.05, 3.63) is 0 Å². The molecule has 5 nitrogen and oxygen atoms in total. The average molecular weight is 281 g/mol. The van der Waals surface area contributed by atoms with Crippen LogP contribution in [0.4, 0.5) is 0 Å². The maximum Gasteiger partial charge on any atom is 0.244 e. The number of hydrogen-bond donors (Lipinski definition) is 2. The number of nitrogens with two attached hydrogens (primary N) is 1. The minimum atomic E-state index is -0.411. The van der Waals surface area contributed by atoms with Crippen molar-refractivity contribution in [2.24, 2.45) is 17.6 Å². The highest BCUT2D eigenvalue weighted by molar-refractivity contribution is 5.88. The summed E-state index contributed by atoms with van der Waals surface area (Å²) >= 11 is 0. The van der Waals surface area contributed by atoms with E-state index in [-0.39, 0.29) is 23.8 Å². The van der Waals surface area contributed by atoms with Crippen LogP contribution in [-0.2, 0) is 9.59 Å². The van der Waals surface area contributed by atoms with Gasteiger partial charge in [0, 0.05) is 25.0 Å². The number of carbonyl (C=O) groups excluding carboxylic acids is 2. The summed E-state index contributed by atoms with van der Waals surface area (Å²) in [5.41, 5.74) is 5.98. The molecule has 3 N–H and O–H groups in total. The van der Waals surface area contributed by atoms with Crippen LogP contribution in [0.1, 0.15) is 46.0 Å². The van der Waals surface area contributed by atoms with Crippen LogP contribution in [0.3, 0.4) is 0 Å². The van der Waals surface area contributed by atoms with Gasteiger partial charge in [-0.1, -0.05) is 6.92 Å². The van der Waals surface area contributed by atoms with Gasteiger partial charge in [0.25, 0.3) is 0 Å². The molecule has 0 aromatic rings. The van der Waals surface area contributed by atoms with Crippen LogP contribution in [0, 0.1) is 11.8 Å². The number of carbonyl (C=O) groups is 2. The van der Waals surface area contributed by atoms with Gasteiger partial charge in [0.2, 0.25) is 11.8 Å². The first-order chi connectivity index (χ1) is 9.49. The van der Waals surface area contributed by atoms with Gasteiger partial charge in [0.05, 0.1) is 0 Å². The molecule has 0 bridgehead atoms. The van der Waals surface area contributed by atoms with Crippen LogP contribution >= 0.6 is 0 Å². The van der Waals surface area contributed by atoms with Gasteiger partial charge in [0.1, 0.15) is 6.04 Å². The summed E-state index contributed by atoms with van der Waals surface area (Å²) in [4.78, 5) is 26.3. The predicted octanol–water partition coefficient (Wildman–Crippen LogP) is 0.877. The van der Waals surface area contributed by atoms with E-state index >= 15 is 0 Å². The second-order valence-electron chi connectivity index (χ2n) is 6.41. The molecule has 4 unspecified atom stereocenters. The van der Waals surface area contributed by atoms with Crippen molar-refractivity contribution >= 4 is 11.8 Å². The summed E-state index contributed by atoms with van der Waals surface area (Å²) < 4.78 is 0. The van der Waals surface area contributed by atoms with Gasteiger partial charge in [-0.25, -0.2) is 0 Å². The van der Waals surface area contributed by atoms with Crippen molar-refractivity contribution in [2.75, 3.05) is 13.1 Å². The number of nitrogens with zero attached hydrogens (tertiary/aromatic N) is 1. The molecule has 2 rings (SSSR count). The normalized spacial score (nSPS) is 31.9. The topological polar surface area (TPSA) is 75.4 Å². The average Bonchev–Trinajstić information content (AvgIpc) is 2.94. The van der Waals surface area contributed by atoms with E-state index in [9.17, 15) is 9.59 Å². The Morgan fingerprint density at radius 1 is 1.25 bits per heavy atom. The Balaban J connectivity index is 1.82. The number of amides is 2. The van der Waals surface area contributed by atoms with Gasteiger partial charge in [-0.15, -0.1) is 0 Å². The van der Waals surface area contributed by atoms with Crippen LogP contribution in [-0.4, -0.2) is 41.9 Å². The molecular formula is C15H27N3O2. The second kappa shape index (κ2) is 6.57. The number of likely N-dealkylation sites (tertiary alicyclic amines) is 1. The summed E-state index contributed by atoms with van der Waals surface area (Å²) in [6, 6.07) is -0.200. The molecule has 20 heavy (non-hydrogen) atoms. The Morgan fingerprint density at radius 3 is 2.50 bits per heavy atom. The Bertz CT molecular complexity index is 366. The Labute approximate surface area is 121 Å². The highest BCUT2D eigenvalue weighted by Crippen LogP contribution is 2.28. The first-order valence-electron chi connectivity index (χ1n) is 7.83. The van der Waals surface area contributed by atoms with E-state index in [1.165, 1.54) is 0 Å². The molecule has 2 amide bonds. The maximum atomic E-state index is 12.3. The minimum absolute atomic E-state index is 0.0126. The van der Waals surface area contributed by atoms with Crippen LogP contribution in [0.2, 0.25) is 0 Å². The van der Waals surface area contributed by atoms with E-state index in [4.69, 9.17) is 5.73 Å². The van der Waals surface area contributed by atoms with E-state index in [0.717, 1.165) is 45.2 Å². The van der Waals surface area contributed by atoms with Crippen molar-refractivity contribution in [1.29, 1.82) is 0 Å². The fourth-order valence-electron chi connectivity index (χ4n) is 3.26. The van der Waals surface area contributed by atoms with Gasteiger partial charge in [-0.05, 0) is 44.9 Å². The molecule has 0 aromatic carbocycles. The first-order valence-corrected chi connectivity index (χ1v) is 7.83. The van der Waals surface area contributed by atoms with Gasteiger partial charge < -0.3 is 16.0 Å². The van der Waals surface area contributed by atoms with Crippen molar-refractivity contribution in [1.82, 2.24) is 10.2 Å². The highest BCUT2D eigenvalue weighted by atomic mass is 16.2. The Hall–Kier alpha value is -1.10. The third-order valence-electron chi connectivity index (χ3n) is 4.75. The van der Waals surface area contributed by atoms with E-state index in [1.807, 2.05) is 4.90 Å². The van der Waals surface area contributed by atoms with Crippen LogP contribution in [0.15, 0.2) is 0 Å². The zero-order chi connectivity index (χ0) is 14.7. The lowest BCUT2D eigenvalue weighted by molar-refractivity contribution is -0.136. The smallest absolute Gasteiger partial charge is 0.244 e. The summed E-state index contributed by atoms with van der Waals surface area (Å²) in [6.45, 7) is 5.54. The Morgan fingerprint density at radius 2 is 1.90 bits per heavy atom. The standard InChI is InChI=1S/C15H27N3O2/c1-10-9-12(5-6-13(10)16)14(19)17-11(2)15(20)18-7-3-4-8-18/h10-13H,3-9,16H2,1-2H3,(H,17,19). The van der Waals surface area contributed by atoms with Crippen LogP contribution in [0.5, 0.6) is 0 Å². The predicted molar refractivity (Wildman–Crippen MR) is 77.9 cm³/mol. The molecule has 1 aliphatic carbocycles. The first kappa shape index (κ1) is 15.3. The summed E-state index contributed by atoms with van der Waals surface area (Å²) in [7, 11) is 0. The number of hydrogen-bond acceptors (Lipinski definition) is 3. The second-order valence-corrected chi connectivity index (χ2v) is 6.41. The Kier molecular flexibility index (Phi) is 5.02. The zero-order valence-electron chi connectivity index (χ0n) is 12.6. The molecule has 0 aromatic heterocycles. The molecule has 1 aliphatic heterocycles. The largest absolute Gasteiger partial charge is 0.344 e. The molecule has 2 fully saturated rings. The molecule has 1 saturated carbocycles. The summed E-state index contributed by atoms with van der Waals surface area (Å²) in [5, 5.41) is 2.89. The molecule has 4 atom stereocenters. The highest BCUT2D eigenvalue weighted by Gasteiger charge is 2.31. The fraction of sp³-hybridized carbons (Fsp3) is 0.867. The van der Waals surface area contributed by atoms with E-state index < -0.39 is 6.04 Å². The molecule has 0 spiro atoms. The lowest BCUT2D eigenvalue weighted by Crippen LogP contribution is -2.49. The van der Waals surface area contributed by atoms with E-state index in [1.54, 1.807) is 6.92 Å². The third kappa shape index (κ3) is 3.51. The van der Waals surface area contributed by atoms with Gasteiger partial charge in [-0.3, -0.25) is 9.59 Å². The van der Waals surface area contributed by atoms with Crippen LogP contribution < -0.4 is 11.1 Å². The van der Waals surface area contributed by atoms with Gasteiger partial charge in [0.15, 0.2) is 0 Å².